The molecule has 0 spiro atoms. The molecule has 0 bridgehead atoms. The zero-order chi connectivity index (χ0) is 15.9. The predicted octanol–water partition coefficient (Wildman–Crippen LogP) is 2.92. The van der Waals surface area contributed by atoms with Gasteiger partial charge >= 0.3 is 0 Å². The van der Waals surface area contributed by atoms with Gasteiger partial charge < -0.3 is 0 Å². The SMILES string of the molecule is Cc1nc(-c2ccc([C@@H]3CCCN3S(C)(=O)=O)nc2)sc1C. The maximum absolute atomic E-state index is 11.8. The van der Waals surface area contributed by atoms with Crippen LogP contribution in [0, 0.1) is 13.8 Å². The second-order valence-corrected chi connectivity index (χ2v) is 8.80. The van der Waals surface area contributed by atoms with Crippen LogP contribution in [0.15, 0.2) is 18.3 Å². The van der Waals surface area contributed by atoms with Crippen LogP contribution in [0.3, 0.4) is 0 Å². The van der Waals surface area contributed by atoms with Crippen LogP contribution in [-0.4, -0.2) is 35.5 Å². The van der Waals surface area contributed by atoms with Gasteiger partial charge in [-0.3, -0.25) is 4.98 Å². The minimum Gasteiger partial charge on any atom is -0.259 e. The first kappa shape index (κ1) is 15.6. The first-order valence-electron chi connectivity index (χ1n) is 7.23. The molecule has 0 N–H and O–H groups in total. The topological polar surface area (TPSA) is 63.2 Å². The molecule has 0 unspecified atom stereocenters. The summed E-state index contributed by atoms with van der Waals surface area (Å²) in [6.45, 7) is 4.64. The predicted molar refractivity (Wildman–Crippen MR) is 88.3 cm³/mol. The van der Waals surface area contributed by atoms with Crippen LogP contribution in [-0.2, 0) is 10.0 Å². The number of sulfonamides is 1. The van der Waals surface area contributed by atoms with Crippen molar-refractivity contribution in [3.05, 3.63) is 34.6 Å². The fourth-order valence-corrected chi connectivity index (χ4v) is 4.80. The van der Waals surface area contributed by atoms with E-state index in [1.807, 2.05) is 19.1 Å². The lowest BCUT2D eigenvalue weighted by Gasteiger charge is -2.21. The Bertz CT molecular complexity index is 762. The van der Waals surface area contributed by atoms with Crippen molar-refractivity contribution in [1.82, 2.24) is 14.3 Å². The van der Waals surface area contributed by atoms with Crippen molar-refractivity contribution < 1.29 is 8.42 Å². The van der Waals surface area contributed by atoms with Crippen LogP contribution in [0.4, 0.5) is 0 Å². The molecule has 7 heteroatoms. The minimum absolute atomic E-state index is 0.135. The van der Waals surface area contributed by atoms with Gasteiger partial charge in [-0.1, -0.05) is 0 Å². The normalized spacial score (nSPS) is 19.7. The van der Waals surface area contributed by atoms with E-state index in [9.17, 15) is 8.42 Å². The second kappa shape index (κ2) is 5.72. The molecule has 3 rings (SSSR count). The number of aromatic nitrogens is 2. The fraction of sp³-hybridized carbons (Fsp3) is 0.467. The van der Waals surface area contributed by atoms with Crippen molar-refractivity contribution >= 4 is 21.4 Å². The number of aryl methyl sites for hydroxylation is 2. The summed E-state index contributed by atoms with van der Waals surface area (Å²) in [4.78, 5) is 10.2. The highest BCUT2D eigenvalue weighted by Crippen LogP contribution is 2.34. The molecule has 5 nitrogen and oxygen atoms in total. The van der Waals surface area contributed by atoms with E-state index in [-0.39, 0.29) is 6.04 Å². The summed E-state index contributed by atoms with van der Waals surface area (Å²) in [5.41, 5.74) is 2.84. The van der Waals surface area contributed by atoms with Gasteiger partial charge in [0.25, 0.3) is 0 Å². The van der Waals surface area contributed by atoms with Gasteiger partial charge in [-0.05, 0) is 38.8 Å². The van der Waals surface area contributed by atoms with Crippen LogP contribution < -0.4 is 0 Å². The number of rotatable bonds is 3. The smallest absolute Gasteiger partial charge is 0.211 e. The van der Waals surface area contributed by atoms with Gasteiger partial charge in [-0.25, -0.2) is 13.4 Å². The first-order chi connectivity index (χ1) is 10.4. The summed E-state index contributed by atoms with van der Waals surface area (Å²) >= 11 is 1.65. The molecule has 0 aliphatic carbocycles. The molecule has 3 heterocycles. The van der Waals surface area contributed by atoms with E-state index < -0.39 is 10.0 Å². The summed E-state index contributed by atoms with van der Waals surface area (Å²) < 4.78 is 25.2. The highest BCUT2D eigenvalue weighted by atomic mass is 32.2. The van der Waals surface area contributed by atoms with Crippen molar-refractivity contribution in [1.29, 1.82) is 0 Å². The molecule has 22 heavy (non-hydrogen) atoms. The van der Waals surface area contributed by atoms with Crippen molar-refractivity contribution in [3.8, 4) is 10.6 Å². The van der Waals surface area contributed by atoms with E-state index in [4.69, 9.17) is 0 Å². The van der Waals surface area contributed by atoms with Crippen LogP contribution >= 0.6 is 11.3 Å². The van der Waals surface area contributed by atoms with Crippen LogP contribution in [0.5, 0.6) is 0 Å². The van der Waals surface area contributed by atoms with Gasteiger partial charge in [0.05, 0.1) is 23.7 Å². The van der Waals surface area contributed by atoms with Crippen molar-refractivity contribution in [2.24, 2.45) is 0 Å². The van der Waals surface area contributed by atoms with Crippen molar-refractivity contribution in [2.45, 2.75) is 32.7 Å². The minimum atomic E-state index is -3.18. The van der Waals surface area contributed by atoms with Gasteiger partial charge in [0.1, 0.15) is 5.01 Å². The summed E-state index contributed by atoms with van der Waals surface area (Å²) in [6.07, 6.45) is 4.77. The Balaban J connectivity index is 1.88. The maximum Gasteiger partial charge on any atom is 0.211 e. The molecule has 0 saturated carbocycles. The number of thiazole rings is 1. The lowest BCUT2D eigenvalue weighted by molar-refractivity contribution is 0.394. The molecular weight excluding hydrogens is 318 g/mol. The zero-order valence-corrected chi connectivity index (χ0v) is 14.5. The molecule has 0 radical (unpaired) electrons. The molecule has 1 saturated heterocycles. The maximum atomic E-state index is 11.8. The highest BCUT2D eigenvalue weighted by Gasteiger charge is 2.33. The van der Waals surface area contributed by atoms with Crippen molar-refractivity contribution in [3.63, 3.8) is 0 Å². The van der Waals surface area contributed by atoms with Gasteiger partial charge in [0, 0.05) is 23.2 Å². The number of nitrogens with zero attached hydrogens (tertiary/aromatic N) is 3. The van der Waals surface area contributed by atoms with Crippen LogP contribution in [0.2, 0.25) is 0 Å². The Labute approximate surface area is 135 Å². The third-order valence-corrected chi connectivity index (χ3v) is 6.44. The average molecular weight is 337 g/mol. The summed E-state index contributed by atoms with van der Waals surface area (Å²) in [5, 5.41) is 0.959. The van der Waals surface area contributed by atoms with E-state index in [0.29, 0.717) is 6.54 Å². The van der Waals surface area contributed by atoms with Gasteiger partial charge in [0.15, 0.2) is 0 Å². The van der Waals surface area contributed by atoms with Crippen LogP contribution in [0.1, 0.15) is 35.1 Å². The molecule has 1 atom stereocenters. The van der Waals surface area contributed by atoms with Crippen molar-refractivity contribution in [2.75, 3.05) is 12.8 Å². The zero-order valence-electron chi connectivity index (χ0n) is 12.9. The van der Waals surface area contributed by atoms with E-state index in [0.717, 1.165) is 34.8 Å². The Morgan fingerprint density at radius 3 is 2.64 bits per heavy atom. The summed E-state index contributed by atoms with van der Waals surface area (Å²) in [6, 6.07) is 3.78. The monoisotopic (exact) mass is 337 g/mol. The Kier molecular flexibility index (Phi) is 4.05. The molecule has 1 fully saturated rings. The Morgan fingerprint density at radius 2 is 2.09 bits per heavy atom. The van der Waals surface area contributed by atoms with Gasteiger partial charge in [-0.2, -0.15) is 4.31 Å². The lowest BCUT2D eigenvalue weighted by Crippen LogP contribution is -2.29. The van der Waals surface area contributed by atoms with Crippen LogP contribution in [0.25, 0.3) is 10.6 Å². The molecule has 0 amide bonds. The summed E-state index contributed by atoms with van der Waals surface area (Å²) in [7, 11) is -3.18. The molecule has 118 valence electrons. The quantitative estimate of drug-likeness (QED) is 0.864. The Morgan fingerprint density at radius 1 is 1.32 bits per heavy atom. The first-order valence-corrected chi connectivity index (χ1v) is 9.90. The lowest BCUT2D eigenvalue weighted by atomic mass is 10.1. The molecule has 0 aromatic carbocycles. The highest BCUT2D eigenvalue weighted by molar-refractivity contribution is 7.88. The number of pyridine rings is 1. The molecular formula is C15H19N3O2S2. The third-order valence-electron chi connectivity index (χ3n) is 4.03. The second-order valence-electron chi connectivity index (χ2n) is 5.66. The average Bonchev–Trinajstić information content (AvgIpc) is 3.06. The van der Waals surface area contributed by atoms with Gasteiger partial charge in [0.2, 0.25) is 10.0 Å². The van der Waals surface area contributed by atoms with E-state index >= 15 is 0 Å². The molecule has 1 aliphatic heterocycles. The van der Waals surface area contributed by atoms with E-state index in [1.54, 1.807) is 21.8 Å². The van der Waals surface area contributed by atoms with E-state index in [2.05, 4.69) is 16.9 Å². The fourth-order valence-electron chi connectivity index (χ4n) is 2.76. The molecule has 1 aliphatic rings. The standard InChI is InChI=1S/C15H19N3O2S2/c1-10-11(2)21-15(17-10)12-6-7-13(16-9-12)14-5-4-8-18(14)22(3,19)20/h6-7,9,14H,4-5,8H2,1-3H3/t14-/m0/s1. The largest absolute Gasteiger partial charge is 0.259 e. The van der Waals surface area contributed by atoms with E-state index in [1.165, 1.54) is 11.1 Å². The number of hydrogen-bond acceptors (Lipinski definition) is 5. The number of hydrogen-bond donors (Lipinski definition) is 0. The third kappa shape index (κ3) is 2.93. The molecule has 2 aromatic heterocycles. The molecule has 2 aromatic rings. The van der Waals surface area contributed by atoms with Gasteiger partial charge in [-0.15, -0.1) is 11.3 Å². The Hall–Kier alpha value is -1.31. The summed E-state index contributed by atoms with van der Waals surface area (Å²) in [5.74, 6) is 0.